The Morgan fingerprint density at radius 3 is 2.75 bits per heavy atom. The fourth-order valence-corrected chi connectivity index (χ4v) is 0.898. The maximum absolute atomic E-state index is 9.69. The van der Waals surface area contributed by atoms with Crippen molar-refractivity contribution in [1.29, 1.82) is 0 Å². The molecule has 1 rings (SSSR count). The van der Waals surface area contributed by atoms with Crippen molar-refractivity contribution in [2.75, 3.05) is 0 Å². The molecule has 0 unspecified atom stereocenters. The van der Waals surface area contributed by atoms with Gasteiger partial charge in [0.25, 0.3) is 0 Å². The van der Waals surface area contributed by atoms with E-state index in [2.05, 4.69) is 17.0 Å². The lowest BCUT2D eigenvalue weighted by Gasteiger charge is -2.10. The van der Waals surface area contributed by atoms with E-state index in [0.29, 0.717) is 5.76 Å². The largest absolute Gasteiger partial charge is 0.371 e. The first-order valence-corrected chi connectivity index (χ1v) is 3.66. The number of nitrogens with zero attached hydrogens (tertiary/aromatic N) is 1. The number of hydrogen-bond acceptors (Lipinski definition) is 3. The van der Waals surface area contributed by atoms with E-state index in [9.17, 15) is 5.11 Å². The molecule has 0 fully saturated rings. The fraction of sp³-hybridized carbons (Fsp3) is 0.444. The summed E-state index contributed by atoms with van der Waals surface area (Å²) >= 11 is 0. The first-order chi connectivity index (χ1) is 5.56. The number of hydrogen-bond donors (Lipinski definition) is 1. The van der Waals surface area contributed by atoms with Crippen LogP contribution < -0.4 is 0 Å². The summed E-state index contributed by atoms with van der Waals surface area (Å²) in [6.45, 7) is 5.03. The van der Waals surface area contributed by atoms with E-state index in [1.54, 1.807) is 26.8 Å². The molecule has 0 bridgehead atoms. The van der Waals surface area contributed by atoms with Crippen LogP contribution in [-0.4, -0.2) is 10.3 Å². The monoisotopic (exact) mass is 165 g/mol. The number of aromatic nitrogens is 1. The zero-order valence-electron chi connectivity index (χ0n) is 7.38. The Hall–Kier alpha value is -1.27. The van der Waals surface area contributed by atoms with Crippen LogP contribution in [0.1, 0.15) is 25.3 Å². The van der Waals surface area contributed by atoms with E-state index in [4.69, 9.17) is 4.52 Å². The second-order valence-corrected chi connectivity index (χ2v) is 2.78. The molecule has 0 saturated carbocycles. The molecule has 0 aliphatic rings. The summed E-state index contributed by atoms with van der Waals surface area (Å²) in [6, 6.07) is 1.67. The molecule has 1 atom stereocenters. The van der Waals surface area contributed by atoms with Crippen LogP contribution in [0.15, 0.2) is 10.6 Å². The van der Waals surface area contributed by atoms with Crippen molar-refractivity contribution in [2.45, 2.75) is 26.4 Å². The van der Waals surface area contributed by atoms with Gasteiger partial charge in [0.1, 0.15) is 0 Å². The van der Waals surface area contributed by atoms with Crippen molar-refractivity contribution in [1.82, 2.24) is 5.16 Å². The average Bonchev–Trinajstić information content (AvgIpc) is 2.36. The molecule has 64 valence electrons. The molecule has 1 aromatic rings. The summed E-state index contributed by atoms with van der Waals surface area (Å²) in [5, 5.41) is 13.4. The van der Waals surface area contributed by atoms with Gasteiger partial charge in [-0.25, -0.2) is 0 Å². The quantitative estimate of drug-likeness (QED) is 0.636. The van der Waals surface area contributed by atoms with E-state index in [1.807, 2.05) is 0 Å². The fourth-order valence-electron chi connectivity index (χ4n) is 0.898. The minimum atomic E-state index is -1.23. The highest BCUT2D eigenvalue weighted by Crippen LogP contribution is 2.19. The molecular formula is C9H11NO2. The number of rotatable bonds is 1. The van der Waals surface area contributed by atoms with Crippen molar-refractivity contribution in [2.24, 2.45) is 0 Å². The lowest BCUT2D eigenvalue weighted by molar-refractivity contribution is 0.0872. The van der Waals surface area contributed by atoms with Crippen LogP contribution in [0, 0.1) is 18.8 Å². The normalized spacial score (nSPS) is 14.7. The Bertz CT molecular complexity index is 328. The maximum Gasteiger partial charge on any atom is 0.183 e. The average molecular weight is 165 g/mol. The van der Waals surface area contributed by atoms with Crippen molar-refractivity contribution in [3.05, 3.63) is 17.5 Å². The summed E-state index contributed by atoms with van der Waals surface area (Å²) in [5.41, 5.74) is -0.487. The Kier molecular flexibility index (Phi) is 2.20. The molecule has 12 heavy (non-hydrogen) atoms. The Morgan fingerprint density at radius 2 is 2.33 bits per heavy atom. The molecular weight excluding hydrogens is 154 g/mol. The summed E-state index contributed by atoms with van der Waals surface area (Å²) in [7, 11) is 0. The predicted molar refractivity (Wildman–Crippen MR) is 44.3 cm³/mol. The Morgan fingerprint density at radius 1 is 1.67 bits per heavy atom. The molecule has 1 heterocycles. The number of aryl methyl sites for hydroxylation is 1. The zero-order chi connectivity index (χ0) is 9.19. The lowest BCUT2D eigenvalue weighted by atomic mass is 10.0. The van der Waals surface area contributed by atoms with Crippen LogP contribution in [0.2, 0.25) is 0 Å². The molecule has 0 radical (unpaired) electrons. The standard InChI is InChI=1S/C9H11NO2/c1-4-5-9(3,11)8-6-7(2)10-12-8/h6,11H,1-3H3/t9-/m1/s1. The topological polar surface area (TPSA) is 46.3 Å². The SMILES string of the molecule is CC#C[C@@](C)(O)c1cc(C)no1. The molecule has 0 spiro atoms. The van der Waals surface area contributed by atoms with Gasteiger partial charge in [-0.1, -0.05) is 11.1 Å². The van der Waals surface area contributed by atoms with Gasteiger partial charge in [-0.05, 0) is 20.8 Å². The van der Waals surface area contributed by atoms with E-state index in [0.717, 1.165) is 5.69 Å². The van der Waals surface area contributed by atoms with Crippen LogP contribution in [0.25, 0.3) is 0 Å². The molecule has 3 heteroatoms. The van der Waals surface area contributed by atoms with Gasteiger partial charge in [0, 0.05) is 6.07 Å². The third-order valence-electron chi connectivity index (χ3n) is 1.48. The second-order valence-electron chi connectivity index (χ2n) is 2.78. The van der Waals surface area contributed by atoms with E-state index in [1.165, 1.54) is 0 Å². The summed E-state index contributed by atoms with van der Waals surface area (Å²) in [4.78, 5) is 0. The van der Waals surface area contributed by atoms with E-state index < -0.39 is 5.60 Å². The summed E-state index contributed by atoms with van der Waals surface area (Å²) in [6.07, 6.45) is 0. The highest BCUT2D eigenvalue weighted by molar-refractivity contribution is 5.22. The van der Waals surface area contributed by atoms with Gasteiger partial charge in [-0.3, -0.25) is 0 Å². The van der Waals surface area contributed by atoms with Crippen LogP contribution >= 0.6 is 0 Å². The van der Waals surface area contributed by atoms with Crippen molar-refractivity contribution in [3.8, 4) is 11.8 Å². The van der Waals surface area contributed by atoms with Gasteiger partial charge in [-0.2, -0.15) is 0 Å². The third-order valence-corrected chi connectivity index (χ3v) is 1.48. The molecule has 0 aliphatic heterocycles. The van der Waals surface area contributed by atoms with E-state index in [-0.39, 0.29) is 0 Å². The maximum atomic E-state index is 9.69. The summed E-state index contributed by atoms with van der Waals surface area (Å²) < 4.78 is 4.88. The molecule has 1 N–H and O–H groups in total. The van der Waals surface area contributed by atoms with Crippen LogP contribution in [0.5, 0.6) is 0 Å². The molecule has 1 aromatic heterocycles. The van der Waals surface area contributed by atoms with Gasteiger partial charge < -0.3 is 9.63 Å². The van der Waals surface area contributed by atoms with Crippen LogP contribution in [0.4, 0.5) is 0 Å². The minimum Gasteiger partial charge on any atom is -0.371 e. The lowest BCUT2D eigenvalue weighted by Crippen LogP contribution is -2.17. The van der Waals surface area contributed by atoms with Crippen molar-refractivity contribution in [3.63, 3.8) is 0 Å². The third kappa shape index (κ3) is 1.66. The Balaban J connectivity index is 3.02. The van der Waals surface area contributed by atoms with E-state index >= 15 is 0 Å². The highest BCUT2D eigenvalue weighted by atomic mass is 16.5. The second kappa shape index (κ2) is 3.00. The van der Waals surface area contributed by atoms with Gasteiger partial charge >= 0.3 is 0 Å². The summed E-state index contributed by atoms with van der Waals surface area (Å²) in [5.74, 6) is 5.63. The van der Waals surface area contributed by atoms with Gasteiger partial charge in [0.15, 0.2) is 11.4 Å². The number of aliphatic hydroxyl groups is 1. The first-order valence-electron chi connectivity index (χ1n) is 3.66. The van der Waals surface area contributed by atoms with Crippen LogP contribution in [0.3, 0.4) is 0 Å². The molecule has 0 aliphatic carbocycles. The van der Waals surface area contributed by atoms with Gasteiger partial charge in [0.2, 0.25) is 0 Å². The first kappa shape index (κ1) is 8.82. The molecule has 0 saturated heterocycles. The van der Waals surface area contributed by atoms with Gasteiger partial charge in [0.05, 0.1) is 5.69 Å². The Labute approximate surface area is 71.4 Å². The zero-order valence-corrected chi connectivity index (χ0v) is 7.38. The van der Waals surface area contributed by atoms with Crippen molar-refractivity contribution >= 4 is 0 Å². The minimum absolute atomic E-state index is 0.384. The van der Waals surface area contributed by atoms with Crippen molar-refractivity contribution < 1.29 is 9.63 Å². The smallest absolute Gasteiger partial charge is 0.183 e. The van der Waals surface area contributed by atoms with Crippen LogP contribution in [-0.2, 0) is 5.60 Å². The molecule has 0 amide bonds. The molecule has 3 nitrogen and oxygen atoms in total. The van der Waals surface area contributed by atoms with Gasteiger partial charge in [-0.15, -0.1) is 5.92 Å². The highest BCUT2D eigenvalue weighted by Gasteiger charge is 2.24. The predicted octanol–water partition coefficient (Wildman–Crippen LogP) is 1.21. The molecule has 0 aromatic carbocycles.